The van der Waals surface area contributed by atoms with Gasteiger partial charge in [0.1, 0.15) is 0 Å². The summed E-state index contributed by atoms with van der Waals surface area (Å²) < 4.78 is 0. The van der Waals surface area contributed by atoms with E-state index in [-0.39, 0.29) is 0 Å². The zero-order chi connectivity index (χ0) is 13.4. The Morgan fingerprint density at radius 1 is 1.16 bits per heavy atom. The molecule has 3 nitrogen and oxygen atoms in total. The number of benzene rings is 1. The molecule has 3 heteroatoms. The van der Waals surface area contributed by atoms with Crippen molar-refractivity contribution in [1.82, 2.24) is 10.2 Å². The maximum absolute atomic E-state index is 3.63. The van der Waals surface area contributed by atoms with Crippen LogP contribution in [-0.4, -0.2) is 37.6 Å². The Bertz CT molecular complexity index is 463. The lowest BCUT2D eigenvalue weighted by Gasteiger charge is -2.42. The quantitative estimate of drug-likeness (QED) is 0.810. The first-order chi connectivity index (χ1) is 9.16. The van der Waals surface area contributed by atoms with Gasteiger partial charge in [-0.05, 0) is 30.9 Å². The third kappa shape index (κ3) is 2.37. The summed E-state index contributed by atoms with van der Waals surface area (Å²) in [5.41, 5.74) is 5.67. The van der Waals surface area contributed by atoms with Crippen LogP contribution in [-0.2, 0) is 0 Å². The molecule has 2 unspecified atom stereocenters. The average Bonchev–Trinajstić information content (AvgIpc) is 2.39. The lowest BCUT2D eigenvalue weighted by atomic mass is 9.85. The predicted octanol–water partition coefficient (Wildman–Crippen LogP) is 2.31. The highest BCUT2D eigenvalue weighted by molar-refractivity contribution is 5.61. The van der Waals surface area contributed by atoms with E-state index in [1.165, 1.54) is 35.5 Å². The number of piperazine rings is 1. The van der Waals surface area contributed by atoms with E-state index in [9.17, 15) is 0 Å². The Labute approximate surface area is 116 Å². The van der Waals surface area contributed by atoms with Crippen molar-refractivity contribution >= 4 is 5.69 Å². The van der Waals surface area contributed by atoms with Gasteiger partial charge in [-0.25, -0.2) is 0 Å². The third-order valence-electron chi connectivity index (χ3n) is 4.51. The molecule has 1 aromatic carbocycles. The SMILES string of the molecule is Cc1cc(C)c2c(c1)C(N1CCNCC1)C(C)CN2. The Balaban J connectivity index is 2.00. The summed E-state index contributed by atoms with van der Waals surface area (Å²) in [5, 5.41) is 7.09. The van der Waals surface area contributed by atoms with Gasteiger partial charge in [0, 0.05) is 44.5 Å². The molecule has 2 heterocycles. The van der Waals surface area contributed by atoms with Crippen molar-refractivity contribution in [1.29, 1.82) is 0 Å². The van der Waals surface area contributed by atoms with Crippen LogP contribution in [0.25, 0.3) is 0 Å². The van der Waals surface area contributed by atoms with Crippen LogP contribution in [0.1, 0.15) is 29.7 Å². The smallest absolute Gasteiger partial charge is 0.0418 e. The monoisotopic (exact) mass is 259 g/mol. The highest BCUT2D eigenvalue weighted by Crippen LogP contribution is 2.39. The molecule has 2 atom stereocenters. The molecule has 0 radical (unpaired) electrons. The second kappa shape index (κ2) is 5.14. The minimum Gasteiger partial charge on any atom is -0.384 e. The van der Waals surface area contributed by atoms with Crippen molar-refractivity contribution in [2.24, 2.45) is 5.92 Å². The predicted molar refractivity (Wildman–Crippen MR) is 80.8 cm³/mol. The molecular weight excluding hydrogens is 234 g/mol. The van der Waals surface area contributed by atoms with E-state index < -0.39 is 0 Å². The first-order valence-electron chi connectivity index (χ1n) is 7.46. The molecule has 0 amide bonds. The number of hydrogen-bond donors (Lipinski definition) is 2. The zero-order valence-corrected chi connectivity index (χ0v) is 12.3. The van der Waals surface area contributed by atoms with E-state index in [0.717, 1.165) is 19.6 Å². The fourth-order valence-electron chi connectivity index (χ4n) is 3.67. The molecule has 0 bridgehead atoms. The molecule has 2 N–H and O–H groups in total. The first kappa shape index (κ1) is 12.9. The largest absolute Gasteiger partial charge is 0.384 e. The lowest BCUT2D eigenvalue weighted by molar-refractivity contribution is 0.132. The fourth-order valence-corrected chi connectivity index (χ4v) is 3.67. The molecule has 1 aromatic rings. The molecule has 19 heavy (non-hydrogen) atoms. The van der Waals surface area contributed by atoms with Crippen LogP contribution >= 0.6 is 0 Å². The lowest BCUT2D eigenvalue weighted by Crippen LogP contribution is -2.48. The summed E-state index contributed by atoms with van der Waals surface area (Å²) in [6, 6.07) is 5.26. The second-order valence-electron chi connectivity index (χ2n) is 6.14. The van der Waals surface area contributed by atoms with Gasteiger partial charge >= 0.3 is 0 Å². The van der Waals surface area contributed by atoms with Gasteiger partial charge in [-0.15, -0.1) is 0 Å². The second-order valence-corrected chi connectivity index (χ2v) is 6.14. The van der Waals surface area contributed by atoms with E-state index in [0.29, 0.717) is 12.0 Å². The molecule has 2 aliphatic rings. The Morgan fingerprint density at radius 3 is 2.63 bits per heavy atom. The summed E-state index contributed by atoms with van der Waals surface area (Å²) in [6.07, 6.45) is 0. The molecule has 104 valence electrons. The number of rotatable bonds is 1. The number of anilines is 1. The van der Waals surface area contributed by atoms with Gasteiger partial charge < -0.3 is 10.6 Å². The van der Waals surface area contributed by atoms with E-state index in [2.05, 4.69) is 48.4 Å². The number of hydrogen-bond acceptors (Lipinski definition) is 3. The van der Waals surface area contributed by atoms with Gasteiger partial charge in [-0.2, -0.15) is 0 Å². The van der Waals surface area contributed by atoms with E-state index in [4.69, 9.17) is 0 Å². The van der Waals surface area contributed by atoms with Gasteiger partial charge in [0.15, 0.2) is 0 Å². The summed E-state index contributed by atoms with van der Waals surface area (Å²) in [7, 11) is 0. The number of nitrogens with one attached hydrogen (secondary N) is 2. The van der Waals surface area contributed by atoms with Gasteiger partial charge in [-0.1, -0.05) is 24.6 Å². The van der Waals surface area contributed by atoms with Gasteiger partial charge in [0.25, 0.3) is 0 Å². The summed E-state index contributed by atoms with van der Waals surface area (Å²) in [5.74, 6) is 0.673. The number of nitrogens with zero attached hydrogens (tertiary/aromatic N) is 1. The minimum atomic E-state index is 0.581. The molecule has 0 aliphatic carbocycles. The van der Waals surface area contributed by atoms with Crippen molar-refractivity contribution in [3.8, 4) is 0 Å². The normalized spacial score (nSPS) is 27.7. The van der Waals surface area contributed by atoms with Crippen LogP contribution in [0.3, 0.4) is 0 Å². The Kier molecular flexibility index (Phi) is 3.50. The highest BCUT2D eigenvalue weighted by atomic mass is 15.2. The molecule has 2 aliphatic heterocycles. The van der Waals surface area contributed by atoms with Crippen LogP contribution in [0.5, 0.6) is 0 Å². The molecule has 0 spiro atoms. The summed E-state index contributed by atoms with van der Waals surface area (Å²) in [6.45, 7) is 12.5. The third-order valence-corrected chi connectivity index (χ3v) is 4.51. The van der Waals surface area contributed by atoms with Crippen molar-refractivity contribution in [2.75, 3.05) is 38.0 Å². The van der Waals surface area contributed by atoms with Crippen LogP contribution in [0.2, 0.25) is 0 Å². The van der Waals surface area contributed by atoms with Crippen LogP contribution in [0.15, 0.2) is 12.1 Å². The van der Waals surface area contributed by atoms with Crippen LogP contribution in [0, 0.1) is 19.8 Å². The van der Waals surface area contributed by atoms with Crippen molar-refractivity contribution in [3.05, 3.63) is 28.8 Å². The molecule has 1 fully saturated rings. The molecule has 1 saturated heterocycles. The molecule has 0 aromatic heterocycles. The summed E-state index contributed by atoms with van der Waals surface area (Å²) in [4.78, 5) is 2.67. The van der Waals surface area contributed by atoms with E-state index >= 15 is 0 Å². The highest BCUT2D eigenvalue weighted by Gasteiger charge is 2.32. The van der Waals surface area contributed by atoms with E-state index in [1.54, 1.807) is 0 Å². The number of aryl methyl sites for hydroxylation is 2. The fraction of sp³-hybridized carbons (Fsp3) is 0.625. The standard InChI is InChI=1S/C16H25N3/c1-11-8-12(2)15-14(9-11)16(13(3)10-18-15)19-6-4-17-5-7-19/h8-9,13,16-18H,4-7,10H2,1-3H3. The topological polar surface area (TPSA) is 27.3 Å². The maximum atomic E-state index is 3.63. The van der Waals surface area contributed by atoms with Crippen molar-refractivity contribution < 1.29 is 0 Å². The number of fused-ring (bicyclic) bond motifs is 1. The average molecular weight is 259 g/mol. The first-order valence-corrected chi connectivity index (χ1v) is 7.46. The van der Waals surface area contributed by atoms with Crippen molar-refractivity contribution in [2.45, 2.75) is 26.8 Å². The Hall–Kier alpha value is -1.06. The molecule has 0 saturated carbocycles. The van der Waals surface area contributed by atoms with Crippen LogP contribution in [0.4, 0.5) is 5.69 Å². The zero-order valence-electron chi connectivity index (χ0n) is 12.3. The van der Waals surface area contributed by atoms with E-state index in [1.807, 2.05) is 0 Å². The van der Waals surface area contributed by atoms with Gasteiger partial charge in [0.05, 0.1) is 0 Å². The van der Waals surface area contributed by atoms with Crippen molar-refractivity contribution in [3.63, 3.8) is 0 Å². The molecule has 3 rings (SSSR count). The summed E-state index contributed by atoms with van der Waals surface area (Å²) >= 11 is 0. The maximum Gasteiger partial charge on any atom is 0.0418 e. The minimum absolute atomic E-state index is 0.581. The van der Waals surface area contributed by atoms with Crippen LogP contribution < -0.4 is 10.6 Å². The Morgan fingerprint density at radius 2 is 1.89 bits per heavy atom. The van der Waals surface area contributed by atoms with Gasteiger partial charge in [-0.3, -0.25) is 4.90 Å². The molecular formula is C16H25N3. The van der Waals surface area contributed by atoms with Gasteiger partial charge in [0.2, 0.25) is 0 Å².